The van der Waals surface area contributed by atoms with Crippen molar-refractivity contribution in [2.24, 2.45) is 0 Å². The molecule has 104 valence electrons. The van der Waals surface area contributed by atoms with Gasteiger partial charge in [-0.25, -0.2) is 4.79 Å². The van der Waals surface area contributed by atoms with Crippen molar-refractivity contribution >= 4 is 12.0 Å². The number of alkyl carbamates (subject to hydrolysis) is 1. The van der Waals surface area contributed by atoms with E-state index in [1.165, 1.54) is 0 Å². The molecule has 5 heteroatoms. The molecular weight excluding hydrogens is 232 g/mol. The summed E-state index contributed by atoms with van der Waals surface area (Å²) >= 11 is 0. The third-order valence-corrected chi connectivity index (χ3v) is 2.79. The lowest BCUT2D eigenvalue weighted by Gasteiger charge is -2.35. The molecule has 0 saturated carbocycles. The Morgan fingerprint density at radius 3 is 2.56 bits per heavy atom. The minimum Gasteiger partial charge on any atom is -0.444 e. The summed E-state index contributed by atoms with van der Waals surface area (Å²) in [6.07, 6.45) is 0.755. The maximum Gasteiger partial charge on any atom is 0.407 e. The molecular formula is C13H24N2O3. The van der Waals surface area contributed by atoms with Gasteiger partial charge in [-0.1, -0.05) is 0 Å². The molecule has 1 rings (SSSR count). The van der Waals surface area contributed by atoms with Gasteiger partial charge in [0.15, 0.2) is 0 Å². The lowest BCUT2D eigenvalue weighted by Crippen LogP contribution is -2.52. The zero-order valence-electron chi connectivity index (χ0n) is 11.9. The fraction of sp³-hybridized carbons (Fsp3) is 0.846. The van der Waals surface area contributed by atoms with Crippen molar-refractivity contribution in [3.8, 4) is 0 Å². The lowest BCUT2D eigenvalue weighted by molar-refractivity contribution is -0.135. The average Bonchev–Trinajstić information content (AvgIpc) is 2.17. The Morgan fingerprint density at radius 1 is 1.44 bits per heavy atom. The van der Waals surface area contributed by atoms with Gasteiger partial charge < -0.3 is 15.0 Å². The second-order valence-corrected chi connectivity index (χ2v) is 6.02. The third-order valence-electron chi connectivity index (χ3n) is 2.79. The van der Waals surface area contributed by atoms with Crippen LogP contribution in [-0.4, -0.2) is 41.1 Å². The first kappa shape index (κ1) is 14.8. The highest BCUT2D eigenvalue weighted by Gasteiger charge is 2.29. The Morgan fingerprint density at radius 2 is 2.06 bits per heavy atom. The monoisotopic (exact) mass is 256 g/mol. The van der Waals surface area contributed by atoms with Crippen LogP contribution in [0, 0.1) is 0 Å². The summed E-state index contributed by atoms with van der Waals surface area (Å²) in [7, 11) is 0. The molecule has 1 saturated heterocycles. The maximum absolute atomic E-state index is 11.7. The highest BCUT2D eigenvalue weighted by molar-refractivity contribution is 5.78. The number of hydrogen-bond donors (Lipinski definition) is 1. The number of carbonyl (C=O) groups is 2. The van der Waals surface area contributed by atoms with Gasteiger partial charge in [-0.15, -0.1) is 0 Å². The molecule has 0 aliphatic carbocycles. The quantitative estimate of drug-likeness (QED) is 0.821. The third kappa shape index (κ3) is 4.55. The van der Waals surface area contributed by atoms with Crippen LogP contribution in [0.3, 0.4) is 0 Å². The molecule has 1 aliphatic rings. The van der Waals surface area contributed by atoms with Crippen LogP contribution < -0.4 is 5.32 Å². The number of nitrogens with one attached hydrogen (secondary N) is 1. The SMILES string of the molecule is CC(C)N1CC(NC(=O)OC(C)(C)C)CCC1=O. The molecule has 0 aromatic carbocycles. The molecule has 1 fully saturated rings. The molecule has 5 nitrogen and oxygen atoms in total. The predicted octanol–water partition coefficient (Wildman–Crippen LogP) is 1.91. The van der Waals surface area contributed by atoms with Crippen LogP contribution in [0.2, 0.25) is 0 Å². The highest BCUT2D eigenvalue weighted by Crippen LogP contribution is 2.15. The van der Waals surface area contributed by atoms with E-state index in [1.54, 1.807) is 4.90 Å². The van der Waals surface area contributed by atoms with Crippen molar-refractivity contribution < 1.29 is 14.3 Å². The van der Waals surface area contributed by atoms with Gasteiger partial charge in [0.05, 0.1) is 6.04 Å². The van der Waals surface area contributed by atoms with E-state index in [2.05, 4.69) is 5.32 Å². The lowest BCUT2D eigenvalue weighted by atomic mass is 10.0. The minimum absolute atomic E-state index is 0.0139. The van der Waals surface area contributed by atoms with Crippen molar-refractivity contribution in [1.29, 1.82) is 0 Å². The number of likely N-dealkylation sites (tertiary alicyclic amines) is 1. The van der Waals surface area contributed by atoms with Crippen molar-refractivity contribution in [3.05, 3.63) is 0 Å². The van der Waals surface area contributed by atoms with Crippen LogP contribution >= 0.6 is 0 Å². The molecule has 0 bridgehead atoms. The molecule has 0 spiro atoms. The second kappa shape index (κ2) is 5.59. The van der Waals surface area contributed by atoms with Crippen LogP contribution in [-0.2, 0) is 9.53 Å². The first-order valence-corrected chi connectivity index (χ1v) is 6.48. The van der Waals surface area contributed by atoms with Gasteiger partial charge in [-0.3, -0.25) is 4.79 Å². The Hall–Kier alpha value is -1.26. The first-order chi connectivity index (χ1) is 8.19. The van der Waals surface area contributed by atoms with Gasteiger partial charge in [0.2, 0.25) is 5.91 Å². The molecule has 1 N–H and O–H groups in total. The normalized spacial score (nSPS) is 21.1. The van der Waals surface area contributed by atoms with Gasteiger partial charge in [-0.2, -0.15) is 0 Å². The van der Waals surface area contributed by atoms with E-state index >= 15 is 0 Å². The number of ether oxygens (including phenoxy) is 1. The van der Waals surface area contributed by atoms with Gasteiger partial charge in [0.1, 0.15) is 5.60 Å². The van der Waals surface area contributed by atoms with Crippen molar-refractivity contribution in [2.75, 3.05) is 6.54 Å². The predicted molar refractivity (Wildman–Crippen MR) is 69.2 cm³/mol. The second-order valence-electron chi connectivity index (χ2n) is 6.02. The Kier molecular flexibility index (Phi) is 4.59. The summed E-state index contributed by atoms with van der Waals surface area (Å²) in [6.45, 7) is 10.0. The van der Waals surface area contributed by atoms with Crippen LogP contribution in [0.15, 0.2) is 0 Å². The fourth-order valence-electron chi connectivity index (χ4n) is 1.96. The molecule has 1 atom stereocenters. The van der Waals surface area contributed by atoms with E-state index in [0.717, 1.165) is 0 Å². The van der Waals surface area contributed by atoms with Crippen LogP contribution in [0.5, 0.6) is 0 Å². The van der Waals surface area contributed by atoms with E-state index < -0.39 is 11.7 Å². The van der Waals surface area contributed by atoms with E-state index in [-0.39, 0.29) is 18.0 Å². The largest absolute Gasteiger partial charge is 0.444 e. The topological polar surface area (TPSA) is 58.6 Å². The summed E-state index contributed by atoms with van der Waals surface area (Å²) < 4.78 is 5.21. The summed E-state index contributed by atoms with van der Waals surface area (Å²) in [5, 5.41) is 2.83. The van der Waals surface area contributed by atoms with Crippen molar-refractivity contribution in [1.82, 2.24) is 10.2 Å². The van der Waals surface area contributed by atoms with Gasteiger partial charge in [-0.05, 0) is 41.0 Å². The Balaban J connectivity index is 2.49. The number of nitrogens with zero attached hydrogens (tertiary/aromatic N) is 1. The van der Waals surface area contributed by atoms with Crippen LogP contribution in [0.4, 0.5) is 4.79 Å². The number of amides is 2. The molecule has 0 aromatic heterocycles. The molecule has 0 aromatic rings. The standard InChI is InChI=1S/C13H24N2O3/c1-9(2)15-8-10(6-7-11(15)16)14-12(17)18-13(3,4)5/h9-10H,6-8H2,1-5H3,(H,14,17). The zero-order chi connectivity index (χ0) is 13.9. The van der Waals surface area contributed by atoms with Crippen LogP contribution in [0.25, 0.3) is 0 Å². The van der Waals surface area contributed by atoms with Crippen molar-refractivity contribution in [3.63, 3.8) is 0 Å². The van der Waals surface area contributed by atoms with Crippen LogP contribution in [0.1, 0.15) is 47.5 Å². The molecule has 1 aliphatic heterocycles. The maximum atomic E-state index is 11.7. The van der Waals surface area contributed by atoms with Gasteiger partial charge >= 0.3 is 6.09 Å². The zero-order valence-corrected chi connectivity index (χ0v) is 11.9. The number of piperidine rings is 1. The van der Waals surface area contributed by atoms with Gasteiger partial charge in [0, 0.05) is 19.0 Å². The van der Waals surface area contributed by atoms with E-state index in [9.17, 15) is 9.59 Å². The summed E-state index contributed by atoms with van der Waals surface area (Å²) in [5.41, 5.74) is -0.494. The van der Waals surface area contributed by atoms with Crippen molar-refractivity contribution in [2.45, 2.75) is 65.1 Å². The summed E-state index contributed by atoms with van der Waals surface area (Å²) in [4.78, 5) is 25.1. The fourth-order valence-corrected chi connectivity index (χ4v) is 1.96. The number of hydrogen-bond acceptors (Lipinski definition) is 3. The van der Waals surface area contributed by atoms with E-state index in [0.29, 0.717) is 19.4 Å². The van der Waals surface area contributed by atoms with Gasteiger partial charge in [0.25, 0.3) is 0 Å². The molecule has 1 heterocycles. The number of carbonyl (C=O) groups excluding carboxylic acids is 2. The number of rotatable bonds is 2. The average molecular weight is 256 g/mol. The summed E-state index contributed by atoms with van der Waals surface area (Å²) in [5.74, 6) is 0.159. The molecule has 0 radical (unpaired) electrons. The first-order valence-electron chi connectivity index (χ1n) is 6.48. The molecule has 18 heavy (non-hydrogen) atoms. The Labute approximate surface area is 109 Å². The van der Waals surface area contributed by atoms with E-state index in [1.807, 2.05) is 34.6 Å². The Bertz CT molecular complexity index is 321. The molecule has 1 unspecified atom stereocenters. The highest BCUT2D eigenvalue weighted by atomic mass is 16.6. The van der Waals surface area contributed by atoms with E-state index in [4.69, 9.17) is 4.74 Å². The summed E-state index contributed by atoms with van der Waals surface area (Å²) in [6, 6.07) is 0.153. The minimum atomic E-state index is -0.494. The smallest absolute Gasteiger partial charge is 0.407 e. The molecule has 2 amide bonds.